The molecular formula is C18H15BrClFO5. The maximum absolute atomic E-state index is 14.1. The Bertz CT molecular complexity index is 832. The van der Waals surface area contributed by atoms with E-state index < -0.39 is 23.5 Å². The third kappa shape index (κ3) is 2.89. The Labute approximate surface area is 163 Å². The van der Waals surface area contributed by atoms with Gasteiger partial charge in [0.15, 0.2) is 0 Å². The summed E-state index contributed by atoms with van der Waals surface area (Å²) in [5.41, 5.74) is -0.772. The fraction of sp³-hybridized carbons (Fsp3) is 0.278. The number of ether oxygens (including phenoxy) is 4. The molecule has 0 saturated heterocycles. The van der Waals surface area contributed by atoms with Gasteiger partial charge in [0.2, 0.25) is 0 Å². The summed E-state index contributed by atoms with van der Waals surface area (Å²) in [6.45, 7) is -0.125. The van der Waals surface area contributed by atoms with E-state index in [9.17, 15) is 9.18 Å². The van der Waals surface area contributed by atoms with Crippen molar-refractivity contribution in [2.45, 2.75) is 11.7 Å². The van der Waals surface area contributed by atoms with Crippen molar-refractivity contribution in [3.63, 3.8) is 0 Å². The Morgan fingerprint density at radius 2 is 2.04 bits per heavy atom. The summed E-state index contributed by atoms with van der Waals surface area (Å²) in [5, 5.41) is -0.132. The molecule has 1 aliphatic rings. The van der Waals surface area contributed by atoms with Crippen molar-refractivity contribution in [3.05, 3.63) is 62.8 Å². The van der Waals surface area contributed by atoms with Gasteiger partial charge in [0, 0.05) is 28.8 Å². The number of hydrogen-bond donors (Lipinski definition) is 0. The van der Waals surface area contributed by atoms with Crippen molar-refractivity contribution < 1.29 is 28.1 Å². The van der Waals surface area contributed by atoms with E-state index in [-0.39, 0.29) is 22.0 Å². The van der Waals surface area contributed by atoms with Crippen LogP contribution in [0.3, 0.4) is 0 Å². The highest BCUT2D eigenvalue weighted by molar-refractivity contribution is 9.10. The normalized spacial score (nSPS) is 21.2. The number of benzene rings is 2. The fourth-order valence-corrected chi connectivity index (χ4v) is 3.75. The Morgan fingerprint density at radius 1 is 1.35 bits per heavy atom. The van der Waals surface area contributed by atoms with Gasteiger partial charge in [-0.3, -0.25) is 0 Å². The molecule has 0 radical (unpaired) electrons. The molecule has 26 heavy (non-hydrogen) atoms. The molecule has 138 valence electrons. The first kappa shape index (κ1) is 19.1. The summed E-state index contributed by atoms with van der Waals surface area (Å²) in [6.07, 6.45) is -0.972. The zero-order chi connectivity index (χ0) is 18.9. The molecule has 2 unspecified atom stereocenters. The van der Waals surface area contributed by atoms with Crippen LogP contribution in [0.5, 0.6) is 5.75 Å². The monoisotopic (exact) mass is 444 g/mol. The van der Waals surface area contributed by atoms with Crippen LogP contribution in [0.1, 0.15) is 17.2 Å². The molecule has 0 fully saturated rings. The highest BCUT2D eigenvalue weighted by atomic mass is 79.9. The fourth-order valence-electron chi connectivity index (χ4n) is 3.00. The second kappa shape index (κ2) is 7.52. The standard InChI is InChI=1S/C18H15BrClFO5/c1-23-9-25-16-13-12(8-11(21)15(20)14(13)19)26-18(16,17(22)24-2)10-6-4-3-5-7-10/h3-8,16H,9H2,1-2H3. The second-order valence-electron chi connectivity index (χ2n) is 5.55. The Hall–Kier alpha value is -1.67. The molecule has 3 rings (SSSR count). The summed E-state index contributed by atoms with van der Waals surface area (Å²) in [7, 11) is 2.70. The van der Waals surface area contributed by atoms with Crippen molar-refractivity contribution in [1.82, 2.24) is 0 Å². The van der Waals surface area contributed by atoms with Gasteiger partial charge in [0.25, 0.3) is 5.60 Å². The molecule has 0 aromatic heterocycles. The number of rotatable bonds is 5. The molecule has 1 aliphatic heterocycles. The minimum atomic E-state index is -1.67. The third-order valence-corrected chi connectivity index (χ3v) is 5.53. The molecule has 0 aliphatic carbocycles. The minimum Gasteiger partial charge on any atom is -0.467 e. The Kier molecular flexibility index (Phi) is 5.53. The van der Waals surface area contributed by atoms with Crippen LogP contribution >= 0.6 is 27.5 Å². The first-order chi connectivity index (χ1) is 12.5. The highest BCUT2D eigenvalue weighted by Crippen LogP contribution is 2.55. The Morgan fingerprint density at radius 3 is 2.65 bits per heavy atom. The van der Waals surface area contributed by atoms with Gasteiger partial charge in [0.1, 0.15) is 24.5 Å². The number of fused-ring (bicyclic) bond motifs is 1. The van der Waals surface area contributed by atoms with E-state index in [1.165, 1.54) is 14.2 Å². The van der Waals surface area contributed by atoms with Crippen LogP contribution in [-0.2, 0) is 24.6 Å². The van der Waals surface area contributed by atoms with E-state index in [1.54, 1.807) is 30.3 Å². The lowest BCUT2D eigenvalue weighted by molar-refractivity contribution is -0.182. The molecule has 0 amide bonds. The number of methoxy groups -OCH3 is 2. The first-order valence-electron chi connectivity index (χ1n) is 7.58. The molecule has 1 heterocycles. The molecule has 0 bridgehead atoms. The van der Waals surface area contributed by atoms with Gasteiger partial charge in [-0.15, -0.1) is 0 Å². The van der Waals surface area contributed by atoms with Gasteiger partial charge in [-0.1, -0.05) is 41.9 Å². The summed E-state index contributed by atoms with van der Waals surface area (Å²) in [6, 6.07) is 9.84. The van der Waals surface area contributed by atoms with Gasteiger partial charge >= 0.3 is 5.97 Å². The lowest BCUT2D eigenvalue weighted by Crippen LogP contribution is -2.45. The molecule has 2 aromatic carbocycles. The number of carbonyl (C=O) groups is 1. The number of hydrogen-bond acceptors (Lipinski definition) is 5. The SMILES string of the molecule is COCOC1c2c(cc(F)c(Cl)c2Br)OC1(C(=O)OC)c1ccccc1. The van der Waals surface area contributed by atoms with Crippen molar-refractivity contribution in [2.24, 2.45) is 0 Å². The predicted molar refractivity (Wildman–Crippen MR) is 95.6 cm³/mol. The lowest BCUT2D eigenvalue weighted by Gasteiger charge is -2.32. The first-order valence-corrected chi connectivity index (χ1v) is 8.75. The van der Waals surface area contributed by atoms with Gasteiger partial charge < -0.3 is 18.9 Å². The maximum Gasteiger partial charge on any atom is 0.358 e. The van der Waals surface area contributed by atoms with E-state index in [0.717, 1.165) is 6.07 Å². The van der Waals surface area contributed by atoms with Gasteiger partial charge in [-0.2, -0.15) is 0 Å². The Balaban J connectivity index is 2.27. The molecule has 2 aromatic rings. The molecular weight excluding hydrogens is 431 g/mol. The third-order valence-electron chi connectivity index (χ3n) is 4.11. The van der Waals surface area contributed by atoms with Crippen LogP contribution in [-0.4, -0.2) is 27.0 Å². The molecule has 0 saturated carbocycles. The van der Waals surface area contributed by atoms with E-state index in [4.69, 9.17) is 30.5 Å². The molecule has 0 spiro atoms. The topological polar surface area (TPSA) is 54.0 Å². The van der Waals surface area contributed by atoms with Gasteiger partial charge in [-0.05, 0) is 15.9 Å². The summed E-state index contributed by atoms with van der Waals surface area (Å²) in [4.78, 5) is 12.8. The van der Waals surface area contributed by atoms with Crippen LogP contribution in [0.25, 0.3) is 0 Å². The van der Waals surface area contributed by atoms with Crippen molar-refractivity contribution in [3.8, 4) is 5.75 Å². The largest absolute Gasteiger partial charge is 0.467 e. The highest BCUT2D eigenvalue weighted by Gasteiger charge is 2.59. The van der Waals surface area contributed by atoms with Crippen LogP contribution < -0.4 is 4.74 Å². The van der Waals surface area contributed by atoms with Crippen LogP contribution in [0.2, 0.25) is 5.02 Å². The van der Waals surface area contributed by atoms with Gasteiger partial charge in [0.05, 0.1) is 12.1 Å². The lowest BCUT2D eigenvalue weighted by atomic mass is 9.86. The van der Waals surface area contributed by atoms with Gasteiger partial charge in [-0.25, -0.2) is 9.18 Å². The zero-order valence-electron chi connectivity index (χ0n) is 13.9. The minimum absolute atomic E-state index is 0.125. The summed E-state index contributed by atoms with van der Waals surface area (Å²) >= 11 is 9.32. The van der Waals surface area contributed by atoms with Crippen LogP contribution in [0.15, 0.2) is 40.9 Å². The molecule has 0 N–H and O–H groups in total. The van der Waals surface area contributed by atoms with E-state index in [2.05, 4.69) is 15.9 Å². The van der Waals surface area contributed by atoms with Crippen LogP contribution in [0.4, 0.5) is 4.39 Å². The van der Waals surface area contributed by atoms with Crippen molar-refractivity contribution in [2.75, 3.05) is 21.0 Å². The van der Waals surface area contributed by atoms with Crippen molar-refractivity contribution in [1.29, 1.82) is 0 Å². The number of carbonyl (C=O) groups excluding carboxylic acids is 1. The average Bonchev–Trinajstić information content (AvgIpc) is 2.99. The molecule has 5 nitrogen and oxygen atoms in total. The number of esters is 1. The smallest absolute Gasteiger partial charge is 0.358 e. The second-order valence-corrected chi connectivity index (χ2v) is 6.72. The van der Waals surface area contributed by atoms with E-state index in [1.807, 2.05) is 0 Å². The zero-order valence-corrected chi connectivity index (χ0v) is 16.3. The predicted octanol–water partition coefficient (Wildman–Crippen LogP) is 4.36. The quantitative estimate of drug-likeness (QED) is 0.389. The molecule has 8 heteroatoms. The summed E-state index contributed by atoms with van der Waals surface area (Å²) in [5.74, 6) is -1.24. The number of halogens is 3. The molecule has 2 atom stereocenters. The van der Waals surface area contributed by atoms with Crippen LogP contribution in [0, 0.1) is 5.82 Å². The van der Waals surface area contributed by atoms with E-state index in [0.29, 0.717) is 11.1 Å². The maximum atomic E-state index is 14.1. The average molecular weight is 446 g/mol. The summed E-state index contributed by atoms with van der Waals surface area (Å²) < 4.78 is 36.1. The van der Waals surface area contributed by atoms with E-state index >= 15 is 0 Å². The van der Waals surface area contributed by atoms with Crippen molar-refractivity contribution >= 4 is 33.5 Å².